The van der Waals surface area contributed by atoms with Crippen molar-refractivity contribution in [1.82, 2.24) is 15.0 Å². The molecule has 0 radical (unpaired) electrons. The Morgan fingerprint density at radius 2 is 1.68 bits per heavy atom. The van der Waals surface area contributed by atoms with Gasteiger partial charge in [-0.1, -0.05) is 55.3 Å². The van der Waals surface area contributed by atoms with Gasteiger partial charge in [-0.05, 0) is 68.0 Å². The summed E-state index contributed by atoms with van der Waals surface area (Å²) in [5.74, 6) is 0.0151. The molecule has 44 heavy (non-hydrogen) atoms. The van der Waals surface area contributed by atoms with Gasteiger partial charge in [0.1, 0.15) is 0 Å². The first-order chi connectivity index (χ1) is 20.8. The summed E-state index contributed by atoms with van der Waals surface area (Å²) < 4.78 is 46.7. The maximum Gasteiger partial charge on any atom is 0.416 e. The summed E-state index contributed by atoms with van der Waals surface area (Å²) in [5.41, 5.74) is 6.00. The van der Waals surface area contributed by atoms with Crippen LogP contribution in [0.25, 0.3) is 11.3 Å². The Kier molecular flexibility index (Phi) is 10.2. The third kappa shape index (κ3) is 8.55. The van der Waals surface area contributed by atoms with Crippen LogP contribution >= 0.6 is 0 Å². The van der Waals surface area contributed by atoms with Crippen molar-refractivity contribution < 1.29 is 27.8 Å². The molecule has 0 amide bonds. The molecule has 0 spiro atoms. The Morgan fingerprint density at radius 3 is 2.34 bits per heavy atom. The molecule has 10 heteroatoms. The summed E-state index contributed by atoms with van der Waals surface area (Å²) in [6.07, 6.45) is -1.18. The second-order valence-electron chi connectivity index (χ2n) is 11.3. The fourth-order valence-electron chi connectivity index (χ4n) is 4.92. The molecule has 1 N–H and O–H groups in total. The van der Waals surface area contributed by atoms with Gasteiger partial charge in [0, 0.05) is 30.8 Å². The van der Waals surface area contributed by atoms with Crippen LogP contribution < -0.4 is 9.64 Å². The number of ether oxygens (including phenoxy) is 1. The predicted octanol–water partition coefficient (Wildman–Crippen LogP) is 8.06. The minimum absolute atomic E-state index is 0.0175. The fraction of sp³-hybridized carbons (Fsp3) is 0.353. The standard InChI is InChI=1S/C34H37F3N4O3/c1-21(2)30-11-9-24(5)32(40-30)29-10-8-22(3)14-26(29)20-41(19-25-13-23(4)15-27(16-25)34(35,36)37)33-38-17-28(18-39-33)44-12-6-7-31(42)43/h8-11,13-18,21H,6-7,12,19-20H2,1-5H3,(H,42,43). The summed E-state index contributed by atoms with van der Waals surface area (Å²) in [6, 6.07) is 14.2. The monoisotopic (exact) mass is 606 g/mol. The van der Waals surface area contributed by atoms with Crippen LogP contribution in [0.2, 0.25) is 0 Å². The Morgan fingerprint density at radius 1 is 0.955 bits per heavy atom. The van der Waals surface area contributed by atoms with Gasteiger partial charge in [-0.3, -0.25) is 9.78 Å². The average Bonchev–Trinajstić information content (AvgIpc) is 2.95. The molecular formula is C34H37F3N4O3. The van der Waals surface area contributed by atoms with E-state index in [-0.39, 0.29) is 25.5 Å². The van der Waals surface area contributed by atoms with Crippen LogP contribution in [0.3, 0.4) is 0 Å². The van der Waals surface area contributed by atoms with E-state index in [9.17, 15) is 18.0 Å². The topological polar surface area (TPSA) is 88.4 Å². The van der Waals surface area contributed by atoms with Crippen molar-refractivity contribution in [3.8, 4) is 17.0 Å². The van der Waals surface area contributed by atoms with Crippen LogP contribution in [0, 0.1) is 20.8 Å². The van der Waals surface area contributed by atoms with Gasteiger partial charge in [0.15, 0.2) is 5.75 Å². The zero-order valence-electron chi connectivity index (χ0n) is 25.6. The third-order valence-electron chi connectivity index (χ3n) is 7.13. The first kappa shape index (κ1) is 32.4. The van der Waals surface area contributed by atoms with Crippen molar-refractivity contribution in [2.24, 2.45) is 0 Å². The lowest BCUT2D eigenvalue weighted by molar-refractivity contribution is -0.138. The number of hydrogen-bond donors (Lipinski definition) is 1. The Bertz CT molecular complexity index is 1600. The van der Waals surface area contributed by atoms with Gasteiger partial charge in [0.2, 0.25) is 5.95 Å². The number of carbonyl (C=O) groups is 1. The molecule has 2 aromatic carbocycles. The third-order valence-corrected chi connectivity index (χ3v) is 7.13. The highest BCUT2D eigenvalue weighted by Crippen LogP contribution is 2.33. The smallest absolute Gasteiger partial charge is 0.416 e. The molecule has 7 nitrogen and oxygen atoms in total. The molecule has 232 valence electrons. The van der Waals surface area contributed by atoms with E-state index < -0.39 is 17.7 Å². The Balaban J connectivity index is 1.73. The zero-order chi connectivity index (χ0) is 32.0. The minimum Gasteiger partial charge on any atom is -0.490 e. The normalized spacial score (nSPS) is 11.6. The maximum atomic E-state index is 13.7. The van der Waals surface area contributed by atoms with Gasteiger partial charge in [0.05, 0.1) is 30.3 Å². The number of carboxylic acids is 1. The molecule has 0 bridgehead atoms. The number of aromatic nitrogens is 3. The number of aryl methyl sites for hydroxylation is 3. The summed E-state index contributed by atoms with van der Waals surface area (Å²) in [7, 11) is 0. The van der Waals surface area contributed by atoms with Crippen LogP contribution in [0.1, 0.15) is 71.7 Å². The van der Waals surface area contributed by atoms with Gasteiger partial charge < -0.3 is 14.7 Å². The minimum atomic E-state index is -4.48. The lowest BCUT2D eigenvalue weighted by atomic mass is 9.97. The predicted molar refractivity (Wildman–Crippen MR) is 164 cm³/mol. The van der Waals surface area contributed by atoms with E-state index in [2.05, 4.69) is 35.9 Å². The molecule has 4 aromatic rings. The Hall–Kier alpha value is -4.47. The van der Waals surface area contributed by atoms with Crippen molar-refractivity contribution in [3.63, 3.8) is 0 Å². The van der Waals surface area contributed by atoms with Gasteiger partial charge in [0.25, 0.3) is 0 Å². The highest BCUT2D eigenvalue weighted by Gasteiger charge is 2.31. The number of alkyl halides is 3. The number of nitrogens with zero attached hydrogens (tertiary/aromatic N) is 4. The molecule has 4 rings (SSSR count). The molecule has 0 saturated carbocycles. The van der Waals surface area contributed by atoms with Crippen molar-refractivity contribution >= 4 is 11.9 Å². The number of benzene rings is 2. The summed E-state index contributed by atoms with van der Waals surface area (Å²) >= 11 is 0. The maximum absolute atomic E-state index is 13.7. The van der Waals surface area contributed by atoms with Crippen molar-refractivity contribution in [1.29, 1.82) is 0 Å². The van der Waals surface area contributed by atoms with Crippen LogP contribution in [-0.2, 0) is 24.1 Å². The van der Waals surface area contributed by atoms with Crippen LogP contribution in [0.4, 0.5) is 19.1 Å². The van der Waals surface area contributed by atoms with E-state index in [1.54, 1.807) is 13.0 Å². The van der Waals surface area contributed by atoms with E-state index in [0.717, 1.165) is 45.8 Å². The highest BCUT2D eigenvalue weighted by molar-refractivity contribution is 5.68. The molecule has 0 aliphatic heterocycles. The average molecular weight is 607 g/mol. The van der Waals surface area contributed by atoms with Gasteiger partial charge >= 0.3 is 12.1 Å². The highest BCUT2D eigenvalue weighted by atomic mass is 19.4. The first-order valence-electron chi connectivity index (χ1n) is 14.5. The largest absolute Gasteiger partial charge is 0.490 e. The molecule has 0 atom stereocenters. The van der Waals surface area contributed by atoms with Gasteiger partial charge in [-0.25, -0.2) is 9.97 Å². The molecule has 0 aliphatic carbocycles. The fourth-order valence-corrected chi connectivity index (χ4v) is 4.92. The van der Waals surface area contributed by atoms with E-state index >= 15 is 0 Å². The lowest BCUT2D eigenvalue weighted by Gasteiger charge is -2.25. The number of aliphatic carboxylic acids is 1. The van der Waals surface area contributed by atoms with Crippen LogP contribution in [0.15, 0.2) is 60.9 Å². The van der Waals surface area contributed by atoms with Gasteiger partial charge in [-0.15, -0.1) is 0 Å². The number of pyridine rings is 1. The SMILES string of the molecule is Cc1cc(CN(Cc2cc(C)ccc2-c2nc(C(C)C)ccc2C)c2ncc(OCCCC(=O)O)cn2)cc(C(F)(F)F)c1. The van der Waals surface area contributed by atoms with E-state index in [4.69, 9.17) is 14.8 Å². The summed E-state index contributed by atoms with van der Waals surface area (Å²) in [6.45, 7) is 10.4. The lowest BCUT2D eigenvalue weighted by Crippen LogP contribution is -2.25. The van der Waals surface area contributed by atoms with Crippen molar-refractivity contribution in [2.45, 2.75) is 72.6 Å². The quantitative estimate of drug-likeness (QED) is 0.163. The number of hydrogen-bond acceptors (Lipinski definition) is 6. The summed E-state index contributed by atoms with van der Waals surface area (Å²) in [4.78, 5) is 26.6. The molecule has 2 aromatic heterocycles. The van der Waals surface area contributed by atoms with Gasteiger partial charge in [-0.2, -0.15) is 13.2 Å². The van der Waals surface area contributed by atoms with E-state index in [1.807, 2.05) is 36.9 Å². The van der Waals surface area contributed by atoms with Crippen molar-refractivity contribution in [2.75, 3.05) is 11.5 Å². The van der Waals surface area contributed by atoms with E-state index in [0.29, 0.717) is 35.8 Å². The zero-order valence-corrected chi connectivity index (χ0v) is 25.6. The molecule has 0 aliphatic rings. The molecular weight excluding hydrogens is 569 g/mol. The van der Waals surface area contributed by atoms with Crippen molar-refractivity contribution in [3.05, 3.63) is 100.0 Å². The second-order valence-corrected chi connectivity index (χ2v) is 11.3. The number of anilines is 1. The van der Waals surface area contributed by atoms with Crippen LogP contribution in [0.5, 0.6) is 5.75 Å². The molecule has 2 heterocycles. The Labute approximate surface area is 255 Å². The number of rotatable bonds is 12. The van der Waals surface area contributed by atoms with Crippen LogP contribution in [-0.4, -0.2) is 32.6 Å². The second kappa shape index (κ2) is 13.9. The first-order valence-corrected chi connectivity index (χ1v) is 14.5. The number of halogens is 3. The summed E-state index contributed by atoms with van der Waals surface area (Å²) in [5, 5.41) is 8.84. The molecule has 0 fully saturated rings. The number of carboxylic acid groups (broad SMARTS) is 1. The van der Waals surface area contributed by atoms with E-state index in [1.165, 1.54) is 12.4 Å². The molecule has 0 unspecified atom stereocenters. The molecule has 0 saturated heterocycles.